The Morgan fingerprint density at radius 3 is 2.00 bits per heavy atom. The number of carbonyl (C=O) groups is 1. The van der Waals surface area contributed by atoms with E-state index >= 15 is 0 Å². The fourth-order valence-corrected chi connectivity index (χ4v) is 3.49. The van der Waals surface area contributed by atoms with Gasteiger partial charge in [0.1, 0.15) is 0 Å². The summed E-state index contributed by atoms with van der Waals surface area (Å²) in [5, 5.41) is 11.3. The number of rotatable bonds is 4. The van der Waals surface area contributed by atoms with Crippen LogP contribution in [0.1, 0.15) is 16.7 Å². The molecule has 3 nitrogen and oxygen atoms in total. The standard InChI is InChI=1S/C22H19NO2/c24-21-22(25,15-17-9-3-1-4-10-17)19-13-7-8-14-20(19)23(21)16-18-11-5-2-6-12-18/h1-14,25H,15-16H2. The summed E-state index contributed by atoms with van der Waals surface area (Å²) in [6.07, 6.45) is 0.273. The van der Waals surface area contributed by atoms with Gasteiger partial charge in [-0.05, 0) is 17.2 Å². The summed E-state index contributed by atoms with van der Waals surface area (Å²) in [5.74, 6) is -0.263. The Labute approximate surface area is 147 Å². The van der Waals surface area contributed by atoms with Crippen LogP contribution < -0.4 is 4.90 Å². The molecule has 4 rings (SSSR count). The fourth-order valence-electron chi connectivity index (χ4n) is 3.49. The first-order chi connectivity index (χ1) is 12.2. The third-order valence-corrected chi connectivity index (χ3v) is 4.73. The smallest absolute Gasteiger partial charge is 0.264 e. The highest BCUT2D eigenvalue weighted by atomic mass is 16.3. The zero-order valence-corrected chi connectivity index (χ0v) is 13.8. The normalized spacial score (nSPS) is 19.1. The van der Waals surface area contributed by atoms with Crippen LogP contribution in [0.4, 0.5) is 5.69 Å². The Kier molecular flexibility index (Phi) is 3.86. The van der Waals surface area contributed by atoms with Gasteiger partial charge in [0.05, 0.1) is 12.2 Å². The zero-order chi connectivity index (χ0) is 17.3. The molecule has 3 aromatic rings. The van der Waals surface area contributed by atoms with Crippen molar-refractivity contribution in [2.24, 2.45) is 0 Å². The molecular formula is C22H19NO2. The monoisotopic (exact) mass is 329 g/mol. The molecule has 3 heteroatoms. The van der Waals surface area contributed by atoms with Crippen LogP contribution in [0.2, 0.25) is 0 Å². The summed E-state index contributed by atoms with van der Waals surface area (Å²) >= 11 is 0. The number of hydrogen-bond acceptors (Lipinski definition) is 2. The molecule has 0 saturated carbocycles. The Bertz CT molecular complexity index is 892. The summed E-state index contributed by atoms with van der Waals surface area (Å²) in [6.45, 7) is 0.452. The van der Waals surface area contributed by atoms with E-state index in [0.717, 1.165) is 16.8 Å². The Hall–Kier alpha value is -2.91. The summed E-state index contributed by atoms with van der Waals surface area (Å²) in [6, 6.07) is 27.0. The molecule has 1 atom stereocenters. The maximum absolute atomic E-state index is 13.2. The predicted octanol–water partition coefficient (Wildman–Crippen LogP) is 3.66. The molecular weight excluding hydrogens is 310 g/mol. The highest BCUT2D eigenvalue weighted by molar-refractivity contribution is 6.06. The number of aliphatic hydroxyl groups is 1. The molecule has 0 radical (unpaired) electrons. The average Bonchev–Trinajstić information content (AvgIpc) is 2.86. The van der Waals surface area contributed by atoms with Crippen LogP contribution in [0.25, 0.3) is 0 Å². The van der Waals surface area contributed by atoms with E-state index in [1.807, 2.05) is 84.9 Å². The van der Waals surface area contributed by atoms with Crippen LogP contribution in [0.3, 0.4) is 0 Å². The van der Waals surface area contributed by atoms with Crippen molar-refractivity contribution in [1.29, 1.82) is 0 Å². The number of hydrogen-bond donors (Lipinski definition) is 1. The van der Waals surface area contributed by atoms with Crippen molar-refractivity contribution in [1.82, 2.24) is 0 Å². The van der Waals surface area contributed by atoms with Gasteiger partial charge in [0.2, 0.25) is 0 Å². The molecule has 1 N–H and O–H groups in total. The number of nitrogens with zero attached hydrogens (tertiary/aromatic N) is 1. The van der Waals surface area contributed by atoms with Crippen molar-refractivity contribution in [2.75, 3.05) is 4.90 Å². The van der Waals surface area contributed by atoms with Crippen molar-refractivity contribution >= 4 is 11.6 Å². The van der Waals surface area contributed by atoms with E-state index < -0.39 is 5.60 Å². The van der Waals surface area contributed by atoms with Crippen LogP contribution >= 0.6 is 0 Å². The Balaban J connectivity index is 1.73. The lowest BCUT2D eigenvalue weighted by Gasteiger charge is -2.23. The lowest BCUT2D eigenvalue weighted by molar-refractivity contribution is -0.136. The lowest BCUT2D eigenvalue weighted by atomic mass is 9.88. The van der Waals surface area contributed by atoms with Crippen molar-refractivity contribution in [3.8, 4) is 0 Å². The van der Waals surface area contributed by atoms with Gasteiger partial charge in [0, 0.05) is 12.0 Å². The van der Waals surface area contributed by atoms with Crippen LogP contribution in [0.15, 0.2) is 84.9 Å². The number of amides is 1. The molecule has 3 aromatic carbocycles. The van der Waals surface area contributed by atoms with Crippen molar-refractivity contribution in [3.05, 3.63) is 102 Å². The first kappa shape index (κ1) is 15.6. The molecule has 25 heavy (non-hydrogen) atoms. The van der Waals surface area contributed by atoms with E-state index in [1.54, 1.807) is 4.90 Å². The Morgan fingerprint density at radius 2 is 1.32 bits per heavy atom. The van der Waals surface area contributed by atoms with Crippen molar-refractivity contribution in [2.45, 2.75) is 18.6 Å². The van der Waals surface area contributed by atoms with E-state index in [2.05, 4.69) is 0 Å². The minimum atomic E-state index is -1.52. The minimum absolute atomic E-state index is 0.263. The number of anilines is 1. The summed E-state index contributed by atoms with van der Waals surface area (Å²) in [4.78, 5) is 14.9. The molecule has 0 aromatic heterocycles. The maximum atomic E-state index is 13.2. The largest absolute Gasteiger partial charge is 0.375 e. The number of fused-ring (bicyclic) bond motifs is 1. The van der Waals surface area contributed by atoms with Crippen LogP contribution in [-0.4, -0.2) is 11.0 Å². The molecule has 1 heterocycles. The summed E-state index contributed by atoms with van der Waals surface area (Å²) < 4.78 is 0. The molecule has 1 unspecified atom stereocenters. The van der Waals surface area contributed by atoms with E-state index in [0.29, 0.717) is 12.1 Å². The molecule has 0 saturated heterocycles. The van der Waals surface area contributed by atoms with Crippen LogP contribution in [0.5, 0.6) is 0 Å². The van der Waals surface area contributed by atoms with E-state index in [-0.39, 0.29) is 12.3 Å². The van der Waals surface area contributed by atoms with Gasteiger partial charge in [-0.2, -0.15) is 0 Å². The quantitative estimate of drug-likeness (QED) is 0.793. The number of para-hydroxylation sites is 1. The molecule has 0 bridgehead atoms. The number of benzene rings is 3. The van der Waals surface area contributed by atoms with Gasteiger partial charge in [0.15, 0.2) is 5.60 Å². The predicted molar refractivity (Wildman–Crippen MR) is 98.1 cm³/mol. The van der Waals surface area contributed by atoms with Gasteiger partial charge in [-0.25, -0.2) is 0 Å². The molecule has 124 valence electrons. The topological polar surface area (TPSA) is 40.5 Å². The minimum Gasteiger partial charge on any atom is -0.375 e. The molecule has 1 amide bonds. The van der Waals surface area contributed by atoms with Gasteiger partial charge in [-0.15, -0.1) is 0 Å². The van der Waals surface area contributed by atoms with E-state index in [1.165, 1.54) is 0 Å². The molecule has 1 aliphatic rings. The van der Waals surface area contributed by atoms with Gasteiger partial charge >= 0.3 is 0 Å². The molecule has 0 fully saturated rings. The molecule has 0 spiro atoms. The SMILES string of the molecule is O=C1N(Cc2ccccc2)c2ccccc2C1(O)Cc1ccccc1. The summed E-state index contributed by atoms with van der Waals surface area (Å²) in [7, 11) is 0. The highest BCUT2D eigenvalue weighted by Crippen LogP contribution is 2.42. The van der Waals surface area contributed by atoms with Crippen LogP contribution in [0, 0.1) is 0 Å². The first-order valence-corrected chi connectivity index (χ1v) is 8.40. The van der Waals surface area contributed by atoms with Gasteiger partial charge in [0.25, 0.3) is 5.91 Å². The number of carbonyl (C=O) groups excluding carboxylic acids is 1. The van der Waals surface area contributed by atoms with E-state index in [9.17, 15) is 9.90 Å². The van der Waals surface area contributed by atoms with Gasteiger partial charge in [-0.3, -0.25) is 4.79 Å². The van der Waals surface area contributed by atoms with Gasteiger partial charge in [-0.1, -0.05) is 78.9 Å². The molecule has 1 aliphatic heterocycles. The highest BCUT2D eigenvalue weighted by Gasteiger charge is 2.49. The second kappa shape index (κ2) is 6.19. The van der Waals surface area contributed by atoms with E-state index in [4.69, 9.17) is 0 Å². The average molecular weight is 329 g/mol. The van der Waals surface area contributed by atoms with Crippen molar-refractivity contribution in [3.63, 3.8) is 0 Å². The fraction of sp³-hybridized carbons (Fsp3) is 0.136. The summed E-state index contributed by atoms with van der Waals surface area (Å²) in [5.41, 5.74) is 1.92. The maximum Gasteiger partial charge on any atom is 0.264 e. The van der Waals surface area contributed by atoms with Crippen LogP contribution in [-0.2, 0) is 23.4 Å². The second-order valence-corrected chi connectivity index (χ2v) is 6.42. The van der Waals surface area contributed by atoms with Gasteiger partial charge < -0.3 is 10.0 Å². The third-order valence-electron chi connectivity index (χ3n) is 4.73. The molecule has 0 aliphatic carbocycles. The Morgan fingerprint density at radius 1 is 0.760 bits per heavy atom. The second-order valence-electron chi connectivity index (χ2n) is 6.42. The van der Waals surface area contributed by atoms with Crippen molar-refractivity contribution < 1.29 is 9.90 Å². The third kappa shape index (κ3) is 2.73. The zero-order valence-electron chi connectivity index (χ0n) is 13.8. The lowest BCUT2D eigenvalue weighted by Crippen LogP contribution is -2.41. The first-order valence-electron chi connectivity index (χ1n) is 8.40.